The number of hydrogen-bond donors (Lipinski definition) is 1. The minimum atomic E-state index is 0.338. The van der Waals surface area contributed by atoms with E-state index in [0.717, 1.165) is 32.3 Å². The Morgan fingerprint density at radius 3 is 2.32 bits per heavy atom. The van der Waals surface area contributed by atoms with Crippen molar-refractivity contribution in [2.24, 2.45) is 17.8 Å². The number of aliphatic hydroxyl groups excluding tert-OH is 1. The quantitative estimate of drug-likeness (QED) is 0.321. The number of carbonyl (C=O) groups excluding carboxylic acids is 1. The van der Waals surface area contributed by atoms with Gasteiger partial charge >= 0.3 is 0 Å². The highest BCUT2D eigenvalue weighted by Crippen LogP contribution is 2.33. The first kappa shape index (κ1) is 26.6. The van der Waals surface area contributed by atoms with Crippen LogP contribution in [0.25, 0.3) is 0 Å². The molecular weight excluding hydrogens is 308 g/mol. The highest BCUT2D eigenvalue weighted by molar-refractivity contribution is 5.83. The molecule has 150 valence electrons. The van der Waals surface area contributed by atoms with E-state index in [-0.39, 0.29) is 0 Å². The van der Waals surface area contributed by atoms with Gasteiger partial charge in [-0.25, -0.2) is 0 Å². The Morgan fingerprint density at radius 1 is 1.08 bits per heavy atom. The van der Waals surface area contributed by atoms with Gasteiger partial charge in [0.1, 0.15) is 5.78 Å². The monoisotopic (exact) mass is 354 g/mol. The molecule has 1 unspecified atom stereocenters. The molecule has 1 rings (SSSR count). The standard InChI is InChI=1S/C20H36O.C2H6.CH4O/c1-4-6-8-14-19-18(15-16-20(19)21)13-10-9-12-17(3)11-7-5-2;2*1-2/h10,13,17-19H,4-9,11-12,14-16H2,1-3H3;1-2H3;2H,1H3/b13-10+;;/t17-,18?,19+;;/m0../s1. The van der Waals surface area contributed by atoms with Crippen LogP contribution in [0.3, 0.4) is 0 Å². The van der Waals surface area contributed by atoms with Gasteiger partial charge in [-0.2, -0.15) is 0 Å². The van der Waals surface area contributed by atoms with Crippen molar-refractivity contribution >= 4 is 5.78 Å². The number of carbonyl (C=O) groups is 1. The second-order valence-electron chi connectivity index (χ2n) is 7.02. The van der Waals surface area contributed by atoms with Crippen molar-refractivity contribution in [3.63, 3.8) is 0 Å². The van der Waals surface area contributed by atoms with Crippen LogP contribution in [0.2, 0.25) is 0 Å². The number of Topliss-reactive ketones (excluding diaryl/α,β-unsaturated/α-hetero) is 1. The summed E-state index contributed by atoms with van der Waals surface area (Å²) < 4.78 is 0. The van der Waals surface area contributed by atoms with E-state index in [1.807, 2.05) is 13.8 Å². The zero-order valence-electron chi connectivity index (χ0n) is 18.0. The van der Waals surface area contributed by atoms with Gasteiger partial charge in [-0.3, -0.25) is 4.79 Å². The van der Waals surface area contributed by atoms with E-state index in [1.165, 1.54) is 51.4 Å². The summed E-state index contributed by atoms with van der Waals surface area (Å²) >= 11 is 0. The Morgan fingerprint density at radius 2 is 1.72 bits per heavy atom. The number of ketones is 1. The fraction of sp³-hybridized carbons (Fsp3) is 0.870. The minimum absolute atomic E-state index is 0.338. The topological polar surface area (TPSA) is 37.3 Å². The molecule has 1 fully saturated rings. The van der Waals surface area contributed by atoms with Crippen molar-refractivity contribution < 1.29 is 9.90 Å². The fourth-order valence-corrected chi connectivity index (χ4v) is 3.50. The van der Waals surface area contributed by atoms with E-state index in [0.29, 0.717) is 17.6 Å². The van der Waals surface area contributed by atoms with Gasteiger partial charge in [0.2, 0.25) is 0 Å². The summed E-state index contributed by atoms with van der Waals surface area (Å²) in [5.74, 6) is 2.25. The van der Waals surface area contributed by atoms with Crippen LogP contribution in [0.4, 0.5) is 0 Å². The highest BCUT2D eigenvalue weighted by Gasteiger charge is 2.31. The number of aliphatic hydroxyl groups is 1. The first-order chi connectivity index (χ1) is 12.2. The molecule has 0 radical (unpaired) electrons. The van der Waals surface area contributed by atoms with Crippen LogP contribution < -0.4 is 0 Å². The van der Waals surface area contributed by atoms with Crippen LogP contribution in [0.15, 0.2) is 12.2 Å². The molecule has 2 nitrogen and oxygen atoms in total. The van der Waals surface area contributed by atoms with Crippen molar-refractivity contribution in [2.45, 2.75) is 105 Å². The zero-order valence-corrected chi connectivity index (χ0v) is 18.0. The molecule has 0 aromatic heterocycles. The van der Waals surface area contributed by atoms with Crippen LogP contribution in [0, 0.1) is 17.8 Å². The molecule has 1 N–H and O–H groups in total. The van der Waals surface area contributed by atoms with E-state index >= 15 is 0 Å². The van der Waals surface area contributed by atoms with Gasteiger partial charge in [-0.05, 0) is 37.5 Å². The van der Waals surface area contributed by atoms with Crippen molar-refractivity contribution in [1.29, 1.82) is 0 Å². The van der Waals surface area contributed by atoms with Crippen molar-refractivity contribution in [1.82, 2.24) is 0 Å². The Hall–Kier alpha value is -0.630. The molecule has 0 bridgehead atoms. The first-order valence-corrected chi connectivity index (χ1v) is 10.8. The Kier molecular flexibility index (Phi) is 20.9. The number of unbranched alkanes of at least 4 members (excludes halogenated alkanes) is 3. The van der Waals surface area contributed by atoms with Crippen molar-refractivity contribution in [2.75, 3.05) is 7.11 Å². The lowest BCUT2D eigenvalue weighted by Crippen LogP contribution is -2.13. The molecule has 0 aromatic rings. The second-order valence-corrected chi connectivity index (χ2v) is 7.02. The molecule has 0 aromatic carbocycles. The van der Waals surface area contributed by atoms with Crippen LogP contribution in [-0.4, -0.2) is 18.0 Å². The van der Waals surface area contributed by atoms with Gasteiger partial charge in [0.25, 0.3) is 0 Å². The first-order valence-electron chi connectivity index (χ1n) is 10.8. The average Bonchev–Trinajstić information content (AvgIpc) is 3.00. The lowest BCUT2D eigenvalue weighted by atomic mass is 9.89. The summed E-state index contributed by atoms with van der Waals surface area (Å²) in [4.78, 5) is 12.0. The number of rotatable bonds is 11. The molecule has 0 aliphatic heterocycles. The maximum absolute atomic E-state index is 12.0. The van der Waals surface area contributed by atoms with E-state index in [2.05, 4.69) is 32.9 Å². The van der Waals surface area contributed by atoms with Gasteiger partial charge in [-0.1, -0.05) is 85.3 Å². The largest absolute Gasteiger partial charge is 0.400 e. The lowest BCUT2D eigenvalue weighted by molar-refractivity contribution is -0.121. The molecule has 25 heavy (non-hydrogen) atoms. The summed E-state index contributed by atoms with van der Waals surface area (Å²) in [5.41, 5.74) is 0. The SMILES string of the molecule is CC.CCCCC[C@H]1C(=O)CCC1/C=C/CC[C@@H](C)CCCC.CO. The Balaban J connectivity index is 0. The summed E-state index contributed by atoms with van der Waals surface area (Å²) in [6.45, 7) is 10.9. The molecule has 3 atom stereocenters. The average molecular weight is 355 g/mol. The maximum atomic E-state index is 12.0. The third-order valence-electron chi connectivity index (χ3n) is 5.03. The predicted molar refractivity (Wildman–Crippen MR) is 112 cm³/mol. The van der Waals surface area contributed by atoms with Crippen molar-refractivity contribution in [3.8, 4) is 0 Å². The van der Waals surface area contributed by atoms with Gasteiger partial charge in [0.15, 0.2) is 0 Å². The zero-order chi connectivity index (χ0) is 19.5. The summed E-state index contributed by atoms with van der Waals surface area (Å²) in [5, 5.41) is 7.00. The summed E-state index contributed by atoms with van der Waals surface area (Å²) in [6, 6.07) is 0. The van der Waals surface area contributed by atoms with Crippen LogP contribution >= 0.6 is 0 Å². The molecule has 0 spiro atoms. The third kappa shape index (κ3) is 13.3. The molecule has 0 saturated heterocycles. The Bertz CT molecular complexity index is 309. The van der Waals surface area contributed by atoms with Gasteiger partial charge < -0.3 is 5.11 Å². The van der Waals surface area contributed by atoms with Gasteiger partial charge in [0, 0.05) is 19.4 Å². The number of allylic oxidation sites excluding steroid dienone is 2. The molecule has 0 amide bonds. The molecule has 1 aliphatic carbocycles. The maximum Gasteiger partial charge on any atom is 0.136 e. The van der Waals surface area contributed by atoms with Crippen molar-refractivity contribution in [3.05, 3.63) is 12.2 Å². The second kappa shape index (κ2) is 19.7. The Labute approximate surface area is 158 Å². The van der Waals surface area contributed by atoms with E-state index in [9.17, 15) is 4.79 Å². The number of hydrogen-bond acceptors (Lipinski definition) is 2. The molecule has 2 heteroatoms. The van der Waals surface area contributed by atoms with Crippen LogP contribution in [0.5, 0.6) is 0 Å². The van der Waals surface area contributed by atoms with Crippen LogP contribution in [-0.2, 0) is 4.79 Å². The molecule has 1 saturated carbocycles. The molecular formula is C23H46O2. The van der Waals surface area contributed by atoms with Gasteiger partial charge in [0.05, 0.1) is 0 Å². The van der Waals surface area contributed by atoms with E-state index in [1.54, 1.807) is 0 Å². The molecule has 0 heterocycles. The summed E-state index contributed by atoms with van der Waals surface area (Å²) in [6.07, 6.45) is 18.0. The van der Waals surface area contributed by atoms with E-state index < -0.39 is 0 Å². The normalized spacial score (nSPS) is 20.7. The van der Waals surface area contributed by atoms with E-state index in [4.69, 9.17) is 5.11 Å². The smallest absolute Gasteiger partial charge is 0.136 e. The lowest BCUT2D eigenvalue weighted by Gasteiger charge is -2.15. The highest BCUT2D eigenvalue weighted by atomic mass is 16.2. The van der Waals surface area contributed by atoms with Crippen LogP contribution in [0.1, 0.15) is 105 Å². The summed E-state index contributed by atoms with van der Waals surface area (Å²) in [7, 11) is 1.00. The molecule has 1 aliphatic rings. The fourth-order valence-electron chi connectivity index (χ4n) is 3.50. The minimum Gasteiger partial charge on any atom is -0.400 e. The van der Waals surface area contributed by atoms with Gasteiger partial charge in [-0.15, -0.1) is 0 Å². The predicted octanol–water partition coefficient (Wildman–Crippen LogP) is 6.96. The third-order valence-corrected chi connectivity index (χ3v) is 5.03.